The molecule has 10 heteroatoms. The molecule has 1 aliphatic rings. The summed E-state index contributed by atoms with van der Waals surface area (Å²) in [6.45, 7) is 0. The van der Waals surface area contributed by atoms with Crippen molar-refractivity contribution in [3.63, 3.8) is 0 Å². The van der Waals surface area contributed by atoms with E-state index in [1.165, 1.54) is 0 Å². The number of aromatic amines is 1. The molecule has 0 spiro atoms. The Morgan fingerprint density at radius 1 is 1.27 bits per heavy atom. The largest absolute Gasteiger partial charge is 0.381 e. The number of fused-ring (bicyclic) bond motifs is 2. The number of H-pyrrole nitrogens is 1. The molecule has 1 fully saturated rings. The Bertz CT molecular complexity index is 1360. The molecule has 3 aromatic heterocycles. The number of nitrogens with one attached hydrogen (secondary N) is 1. The van der Waals surface area contributed by atoms with Crippen molar-refractivity contribution in [2.75, 3.05) is 7.11 Å². The number of hydrogen-bond donors (Lipinski definition) is 1. The SMILES string of the molecule is COC1CCC(n2c(=O)[nH]c3c(Cl)nc(-n4cnc5ccc(C#N)cc54)nc32)CC1. The molecule has 1 N–H and O–H groups in total. The smallest absolute Gasteiger partial charge is 0.328 e. The van der Waals surface area contributed by atoms with Crippen molar-refractivity contribution >= 4 is 33.8 Å². The summed E-state index contributed by atoms with van der Waals surface area (Å²) in [4.78, 5) is 28.9. The van der Waals surface area contributed by atoms with E-state index in [-0.39, 0.29) is 23.0 Å². The minimum atomic E-state index is -0.249. The van der Waals surface area contributed by atoms with Crippen LogP contribution in [0, 0.1) is 11.3 Å². The van der Waals surface area contributed by atoms with Crippen LogP contribution in [-0.4, -0.2) is 42.3 Å². The number of ether oxygens (including phenoxy) is 1. The Kier molecular flexibility index (Phi) is 4.53. The van der Waals surface area contributed by atoms with Crippen LogP contribution in [0.1, 0.15) is 37.3 Å². The van der Waals surface area contributed by atoms with Gasteiger partial charge in [0, 0.05) is 13.2 Å². The van der Waals surface area contributed by atoms with Crippen molar-refractivity contribution in [3.8, 4) is 12.0 Å². The van der Waals surface area contributed by atoms with Crippen LogP contribution in [0.15, 0.2) is 29.3 Å². The summed E-state index contributed by atoms with van der Waals surface area (Å²) in [5, 5.41) is 9.38. The van der Waals surface area contributed by atoms with Gasteiger partial charge in [0.05, 0.1) is 28.8 Å². The molecule has 3 heterocycles. The number of nitriles is 1. The molecule has 1 saturated carbocycles. The fourth-order valence-corrected chi connectivity index (χ4v) is 4.39. The fourth-order valence-electron chi connectivity index (χ4n) is 4.18. The second kappa shape index (κ2) is 7.23. The lowest BCUT2D eigenvalue weighted by Gasteiger charge is -2.28. The second-order valence-electron chi connectivity index (χ2n) is 7.41. The van der Waals surface area contributed by atoms with Crippen LogP contribution >= 0.6 is 11.6 Å². The first-order valence-electron chi connectivity index (χ1n) is 9.67. The number of methoxy groups -OCH3 is 1. The van der Waals surface area contributed by atoms with Gasteiger partial charge in [-0.25, -0.2) is 9.78 Å². The van der Waals surface area contributed by atoms with E-state index in [9.17, 15) is 10.1 Å². The van der Waals surface area contributed by atoms with Crippen LogP contribution in [0.3, 0.4) is 0 Å². The van der Waals surface area contributed by atoms with Gasteiger partial charge < -0.3 is 9.72 Å². The van der Waals surface area contributed by atoms with Crippen molar-refractivity contribution in [2.45, 2.75) is 37.8 Å². The van der Waals surface area contributed by atoms with E-state index < -0.39 is 0 Å². The van der Waals surface area contributed by atoms with Crippen LogP contribution in [-0.2, 0) is 4.74 Å². The van der Waals surface area contributed by atoms with Gasteiger partial charge in [-0.05, 0) is 43.9 Å². The molecule has 0 aliphatic heterocycles. The molecule has 0 atom stereocenters. The maximum atomic E-state index is 12.7. The summed E-state index contributed by atoms with van der Waals surface area (Å²) < 4.78 is 8.80. The summed E-state index contributed by atoms with van der Waals surface area (Å²) >= 11 is 6.42. The zero-order chi connectivity index (χ0) is 20.8. The first-order valence-corrected chi connectivity index (χ1v) is 10.0. The van der Waals surface area contributed by atoms with Gasteiger partial charge in [-0.1, -0.05) is 11.6 Å². The summed E-state index contributed by atoms with van der Waals surface area (Å²) in [5.74, 6) is 0.295. The molecule has 9 nitrogen and oxygen atoms in total. The van der Waals surface area contributed by atoms with Gasteiger partial charge in [0.1, 0.15) is 11.8 Å². The van der Waals surface area contributed by atoms with Crippen LogP contribution in [0.5, 0.6) is 0 Å². The minimum absolute atomic E-state index is 0.0150. The van der Waals surface area contributed by atoms with Gasteiger partial charge >= 0.3 is 5.69 Å². The van der Waals surface area contributed by atoms with Gasteiger partial charge in [-0.15, -0.1) is 0 Å². The molecule has 4 aromatic rings. The van der Waals surface area contributed by atoms with Crippen molar-refractivity contribution in [3.05, 3.63) is 45.7 Å². The van der Waals surface area contributed by atoms with Crippen LogP contribution in [0.4, 0.5) is 0 Å². The molecule has 152 valence electrons. The average Bonchev–Trinajstić information content (AvgIpc) is 3.34. The highest BCUT2D eigenvalue weighted by atomic mass is 35.5. The van der Waals surface area contributed by atoms with Crippen LogP contribution < -0.4 is 5.69 Å². The quantitative estimate of drug-likeness (QED) is 0.506. The predicted octanol–water partition coefficient (Wildman–Crippen LogP) is 3.11. The first kappa shape index (κ1) is 18.8. The number of rotatable bonds is 3. The average molecular weight is 424 g/mol. The third-order valence-electron chi connectivity index (χ3n) is 5.75. The van der Waals surface area contributed by atoms with E-state index in [0.717, 1.165) is 25.7 Å². The Labute approximate surface area is 175 Å². The molecule has 1 aromatic carbocycles. The molecule has 0 radical (unpaired) electrons. The Morgan fingerprint density at radius 2 is 2.07 bits per heavy atom. The van der Waals surface area contributed by atoms with E-state index in [1.807, 2.05) is 0 Å². The van der Waals surface area contributed by atoms with Gasteiger partial charge in [0.2, 0.25) is 5.95 Å². The lowest BCUT2D eigenvalue weighted by atomic mass is 9.93. The highest BCUT2D eigenvalue weighted by molar-refractivity contribution is 6.33. The lowest BCUT2D eigenvalue weighted by molar-refractivity contribution is 0.0585. The fraction of sp³-hybridized carbons (Fsp3) is 0.350. The molecular weight excluding hydrogens is 406 g/mol. The van der Waals surface area contributed by atoms with E-state index in [0.29, 0.717) is 33.7 Å². The van der Waals surface area contributed by atoms with Crippen molar-refractivity contribution < 1.29 is 4.74 Å². The molecule has 0 unspecified atom stereocenters. The van der Waals surface area contributed by atoms with Gasteiger partial charge in [-0.2, -0.15) is 15.2 Å². The predicted molar refractivity (Wildman–Crippen MR) is 111 cm³/mol. The number of halogens is 1. The zero-order valence-corrected chi connectivity index (χ0v) is 16.9. The Morgan fingerprint density at radius 3 is 2.80 bits per heavy atom. The highest BCUT2D eigenvalue weighted by Gasteiger charge is 2.26. The molecule has 0 bridgehead atoms. The Hall–Kier alpha value is -3.22. The third-order valence-corrected chi connectivity index (χ3v) is 6.02. The summed E-state index contributed by atoms with van der Waals surface area (Å²) in [5.41, 5.74) is 2.54. The summed E-state index contributed by atoms with van der Waals surface area (Å²) in [6, 6.07) is 7.34. The summed E-state index contributed by atoms with van der Waals surface area (Å²) in [6.07, 6.45) is 5.22. The van der Waals surface area contributed by atoms with E-state index in [1.54, 1.807) is 40.8 Å². The number of aromatic nitrogens is 6. The van der Waals surface area contributed by atoms with Crippen LogP contribution in [0.2, 0.25) is 5.15 Å². The molecule has 1 aliphatic carbocycles. The van der Waals surface area contributed by atoms with E-state index in [4.69, 9.17) is 16.3 Å². The number of imidazole rings is 2. The first-order chi connectivity index (χ1) is 14.6. The minimum Gasteiger partial charge on any atom is -0.381 e. The molecule has 30 heavy (non-hydrogen) atoms. The highest BCUT2D eigenvalue weighted by Crippen LogP contribution is 2.32. The lowest BCUT2D eigenvalue weighted by Crippen LogP contribution is -2.28. The van der Waals surface area contributed by atoms with E-state index in [2.05, 4.69) is 26.0 Å². The summed E-state index contributed by atoms with van der Waals surface area (Å²) in [7, 11) is 1.72. The maximum absolute atomic E-state index is 12.7. The molecule has 0 saturated heterocycles. The van der Waals surface area contributed by atoms with E-state index >= 15 is 0 Å². The van der Waals surface area contributed by atoms with Crippen LogP contribution in [0.25, 0.3) is 28.1 Å². The number of nitrogens with zero attached hydrogens (tertiary/aromatic N) is 6. The van der Waals surface area contributed by atoms with Crippen molar-refractivity contribution in [1.29, 1.82) is 5.26 Å². The standard InChI is InChI=1S/C20H18ClN7O2/c1-30-13-5-3-12(4-6-13)28-18-16(24-20(28)29)17(21)25-19(26-18)27-10-23-14-7-2-11(9-22)8-15(14)27/h2,7-8,10,12-13H,3-6H2,1H3,(H,24,29). The third kappa shape index (κ3) is 2.96. The van der Waals surface area contributed by atoms with Gasteiger partial charge in [0.25, 0.3) is 0 Å². The molecule has 0 amide bonds. The number of hydrogen-bond acceptors (Lipinski definition) is 6. The number of benzene rings is 1. The maximum Gasteiger partial charge on any atom is 0.328 e. The topological polar surface area (TPSA) is 114 Å². The normalized spacial score (nSPS) is 19.4. The van der Waals surface area contributed by atoms with Crippen molar-refractivity contribution in [2.24, 2.45) is 0 Å². The Balaban J connectivity index is 1.65. The van der Waals surface area contributed by atoms with Gasteiger partial charge in [0.15, 0.2) is 10.8 Å². The van der Waals surface area contributed by atoms with Crippen molar-refractivity contribution in [1.82, 2.24) is 29.1 Å². The monoisotopic (exact) mass is 423 g/mol. The second-order valence-corrected chi connectivity index (χ2v) is 7.77. The van der Waals surface area contributed by atoms with Gasteiger partial charge in [-0.3, -0.25) is 9.13 Å². The zero-order valence-electron chi connectivity index (χ0n) is 16.2. The molecule has 5 rings (SSSR count). The molecular formula is C20H18ClN7O2.